The molecule has 0 bridgehead atoms. The van der Waals surface area contributed by atoms with Gasteiger partial charge in [-0.15, -0.1) is 0 Å². The van der Waals surface area contributed by atoms with Crippen LogP contribution in [0.15, 0.2) is 18.2 Å². The Morgan fingerprint density at radius 3 is 3.08 bits per heavy atom. The Morgan fingerprint density at radius 2 is 2.33 bits per heavy atom. The standard InChI is InChI=1S/C9H6N3/c1-6-11-8-4-3-7(10-2)5-9(8)12-6/h3-5H,1H3/q-1. The van der Waals surface area contributed by atoms with Crippen molar-refractivity contribution in [1.29, 1.82) is 0 Å². The van der Waals surface area contributed by atoms with Crippen LogP contribution in [0.2, 0.25) is 0 Å². The molecule has 0 atom stereocenters. The van der Waals surface area contributed by atoms with Gasteiger partial charge in [0, 0.05) is 0 Å². The largest absolute Gasteiger partial charge is 0.441 e. The van der Waals surface area contributed by atoms with Crippen LogP contribution in [0.5, 0.6) is 0 Å². The second-order valence-corrected chi connectivity index (χ2v) is 2.56. The summed E-state index contributed by atoms with van der Waals surface area (Å²) < 4.78 is 0. The molecule has 0 spiro atoms. The Morgan fingerprint density at radius 1 is 1.50 bits per heavy atom. The van der Waals surface area contributed by atoms with Crippen LogP contribution in [0.4, 0.5) is 5.69 Å². The lowest BCUT2D eigenvalue weighted by Crippen LogP contribution is -1.72. The molecule has 0 saturated heterocycles. The maximum atomic E-state index is 6.80. The zero-order valence-electron chi connectivity index (χ0n) is 6.57. The molecular weight excluding hydrogens is 150 g/mol. The Labute approximate surface area is 69.9 Å². The molecule has 0 aliphatic rings. The smallest absolute Gasteiger partial charge is 0.187 e. The first-order valence-electron chi connectivity index (χ1n) is 3.58. The van der Waals surface area contributed by atoms with Gasteiger partial charge in [-0.1, -0.05) is 24.0 Å². The molecule has 58 valence electrons. The summed E-state index contributed by atoms with van der Waals surface area (Å²) in [4.78, 5) is 11.7. The van der Waals surface area contributed by atoms with Crippen LogP contribution in [0.25, 0.3) is 15.9 Å². The summed E-state index contributed by atoms with van der Waals surface area (Å²) in [6.07, 6.45) is 0. The van der Waals surface area contributed by atoms with E-state index in [2.05, 4.69) is 14.8 Å². The van der Waals surface area contributed by atoms with Gasteiger partial charge in [0.2, 0.25) is 0 Å². The van der Waals surface area contributed by atoms with Gasteiger partial charge in [-0.05, 0) is 18.0 Å². The lowest BCUT2D eigenvalue weighted by molar-refractivity contribution is 1.15. The number of aryl methyl sites for hydroxylation is 1. The summed E-state index contributed by atoms with van der Waals surface area (Å²) in [5, 5.41) is 0. The number of benzene rings is 1. The highest BCUT2D eigenvalue weighted by Gasteiger charge is 1.91. The van der Waals surface area contributed by atoms with Crippen molar-refractivity contribution in [2.45, 2.75) is 6.92 Å². The summed E-state index contributed by atoms with van der Waals surface area (Å²) in [5.41, 5.74) is 2.28. The SMILES string of the molecule is [C-]#[N+]c1ccc2[n-]c(C)nc2c1. The van der Waals surface area contributed by atoms with Crippen molar-refractivity contribution in [3.63, 3.8) is 0 Å². The number of rotatable bonds is 0. The summed E-state index contributed by atoms with van der Waals surface area (Å²) in [6.45, 7) is 8.65. The highest BCUT2D eigenvalue weighted by atomic mass is 14.9. The van der Waals surface area contributed by atoms with Crippen LogP contribution < -0.4 is 4.98 Å². The number of hydrogen-bond acceptors (Lipinski definition) is 1. The van der Waals surface area contributed by atoms with E-state index in [1.807, 2.05) is 13.0 Å². The third-order valence-corrected chi connectivity index (χ3v) is 1.65. The van der Waals surface area contributed by atoms with E-state index in [0.29, 0.717) is 5.69 Å². The topological polar surface area (TPSA) is 31.4 Å². The second kappa shape index (κ2) is 2.35. The molecule has 1 heterocycles. The summed E-state index contributed by atoms with van der Waals surface area (Å²) in [5.74, 6) is 0.757. The van der Waals surface area contributed by atoms with E-state index in [9.17, 15) is 0 Å². The Hall–Kier alpha value is -1.82. The van der Waals surface area contributed by atoms with Gasteiger partial charge in [-0.25, -0.2) is 4.85 Å². The van der Waals surface area contributed by atoms with Crippen molar-refractivity contribution in [2.24, 2.45) is 0 Å². The van der Waals surface area contributed by atoms with E-state index in [0.717, 1.165) is 16.9 Å². The van der Waals surface area contributed by atoms with Crippen molar-refractivity contribution in [3.05, 3.63) is 35.4 Å². The average Bonchev–Trinajstić information content (AvgIpc) is 2.43. The molecule has 0 radical (unpaired) electrons. The molecule has 0 fully saturated rings. The molecule has 0 unspecified atom stereocenters. The van der Waals surface area contributed by atoms with Gasteiger partial charge in [-0.2, -0.15) is 0 Å². The molecule has 0 saturated carbocycles. The maximum Gasteiger partial charge on any atom is 0.187 e. The second-order valence-electron chi connectivity index (χ2n) is 2.56. The fraction of sp³-hybridized carbons (Fsp3) is 0.111. The lowest BCUT2D eigenvalue weighted by Gasteiger charge is -1.93. The maximum absolute atomic E-state index is 6.80. The summed E-state index contributed by atoms with van der Waals surface area (Å²) in [7, 11) is 0. The van der Waals surface area contributed by atoms with Crippen LogP contribution in [-0.2, 0) is 0 Å². The number of aromatic nitrogens is 2. The van der Waals surface area contributed by atoms with E-state index in [4.69, 9.17) is 6.57 Å². The van der Waals surface area contributed by atoms with E-state index >= 15 is 0 Å². The minimum absolute atomic E-state index is 0.613. The third-order valence-electron chi connectivity index (χ3n) is 1.65. The van der Waals surface area contributed by atoms with Gasteiger partial charge < -0.3 is 9.97 Å². The zero-order chi connectivity index (χ0) is 8.55. The quantitative estimate of drug-likeness (QED) is 0.546. The van der Waals surface area contributed by atoms with Crippen LogP contribution in [-0.4, -0.2) is 4.98 Å². The average molecular weight is 156 g/mol. The van der Waals surface area contributed by atoms with E-state index in [1.54, 1.807) is 12.1 Å². The number of nitrogens with zero attached hydrogens (tertiary/aromatic N) is 3. The first kappa shape index (κ1) is 6.86. The molecule has 3 heteroatoms. The molecule has 0 N–H and O–H groups in total. The first-order chi connectivity index (χ1) is 5.79. The normalized spacial score (nSPS) is 10.0. The van der Waals surface area contributed by atoms with Crippen LogP contribution in [0.3, 0.4) is 0 Å². The van der Waals surface area contributed by atoms with Crippen LogP contribution in [0, 0.1) is 13.5 Å². The van der Waals surface area contributed by atoms with Gasteiger partial charge in [0.1, 0.15) is 0 Å². The predicted molar refractivity (Wildman–Crippen MR) is 46.1 cm³/mol. The molecule has 0 aliphatic carbocycles. The van der Waals surface area contributed by atoms with Crippen molar-refractivity contribution in [3.8, 4) is 0 Å². The monoisotopic (exact) mass is 156 g/mol. The molecular formula is C9H6N3-. The predicted octanol–water partition coefficient (Wildman–Crippen LogP) is 2.05. The summed E-state index contributed by atoms with van der Waals surface area (Å²) >= 11 is 0. The van der Waals surface area contributed by atoms with E-state index < -0.39 is 0 Å². The lowest BCUT2D eigenvalue weighted by atomic mass is 10.3. The minimum Gasteiger partial charge on any atom is -0.441 e. The number of fused-ring (bicyclic) bond motifs is 1. The first-order valence-corrected chi connectivity index (χ1v) is 3.58. The molecule has 1 aromatic heterocycles. The van der Waals surface area contributed by atoms with Crippen molar-refractivity contribution >= 4 is 16.7 Å². The van der Waals surface area contributed by atoms with Gasteiger partial charge in [0.05, 0.1) is 6.57 Å². The highest BCUT2D eigenvalue weighted by molar-refractivity contribution is 5.79. The Bertz CT molecular complexity index is 462. The van der Waals surface area contributed by atoms with Gasteiger partial charge in [-0.3, -0.25) is 0 Å². The van der Waals surface area contributed by atoms with Crippen LogP contribution >= 0.6 is 0 Å². The molecule has 1 aromatic carbocycles. The number of imidazole rings is 1. The minimum atomic E-state index is 0.613. The van der Waals surface area contributed by atoms with E-state index in [1.165, 1.54) is 0 Å². The highest BCUT2D eigenvalue weighted by Crippen LogP contribution is 2.18. The Kier molecular flexibility index (Phi) is 1.34. The molecule has 2 aromatic rings. The number of hydrogen-bond donors (Lipinski definition) is 0. The molecule has 3 nitrogen and oxygen atoms in total. The summed E-state index contributed by atoms with van der Waals surface area (Å²) in [6, 6.07) is 5.33. The van der Waals surface area contributed by atoms with E-state index in [-0.39, 0.29) is 0 Å². The third kappa shape index (κ3) is 0.940. The molecule has 2 rings (SSSR count). The molecule has 0 amide bonds. The fourth-order valence-electron chi connectivity index (χ4n) is 1.14. The van der Waals surface area contributed by atoms with Gasteiger partial charge in [0.25, 0.3) is 0 Å². The molecule has 0 aliphatic heterocycles. The van der Waals surface area contributed by atoms with Crippen molar-refractivity contribution < 1.29 is 0 Å². The van der Waals surface area contributed by atoms with Gasteiger partial charge in [0.15, 0.2) is 5.69 Å². The van der Waals surface area contributed by atoms with Crippen molar-refractivity contribution in [1.82, 2.24) is 9.97 Å². The fourth-order valence-corrected chi connectivity index (χ4v) is 1.14. The van der Waals surface area contributed by atoms with Crippen LogP contribution in [0.1, 0.15) is 5.82 Å². The van der Waals surface area contributed by atoms with Gasteiger partial charge >= 0.3 is 0 Å². The van der Waals surface area contributed by atoms with Crippen molar-refractivity contribution in [2.75, 3.05) is 0 Å². The Balaban J connectivity index is 2.77. The zero-order valence-corrected chi connectivity index (χ0v) is 6.57. The molecule has 12 heavy (non-hydrogen) atoms.